The van der Waals surface area contributed by atoms with Crippen LogP contribution in [-0.2, 0) is 38.9 Å². The molecule has 1 unspecified atom stereocenters. The lowest BCUT2D eigenvalue weighted by Gasteiger charge is -2.33. The first-order valence-electron chi connectivity index (χ1n) is 9.99. The number of hydrogen-bond donors (Lipinski definition) is 0. The highest BCUT2D eigenvalue weighted by Gasteiger charge is 2.34. The second-order valence-corrected chi connectivity index (χ2v) is 10.2. The molecule has 31 heavy (non-hydrogen) atoms. The molecule has 0 amide bonds. The molecule has 0 bridgehead atoms. The van der Waals surface area contributed by atoms with Gasteiger partial charge in [-0.25, -0.2) is 17.8 Å². The van der Waals surface area contributed by atoms with Crippen LogP contribution in [0.5, 0.6) is 0 Å². The van der Waals surface area contributed by atoms with Crippen molar-refractivity contribution in [2.24, 2.45) is 0 Å². The van der Waals surface area contributed by atoms with Crippen LogP contribution < -0.4 is 0 Å². The maximum atomic E-state index is 13.3. The molecule has 0 spiro atoms. The fraction of sp³-hybridized carbons (Fsp3) is 0.429. The van der Waals surface area contributed by atoms with Crippen molar-refractivity contribution in [2.45, 2.75) is 44.7 Å². The molecule has 10 heteroatoms. The lowest BCUT2D eigenvalue weighted by molar-refractivity contribution is -0.139. The van der Waals surface area contributed by atoms with Crippen LogP contribution in [-0.4, -0.2) is 48.4 Å². The Morgan fingerprint density at radius 1 is 1.32 bits per heavy atom. The van der Waals surface area contributed by atoms with Crippen LogP contribution in [0, 0.1) is 0 Å². The van der Waals surface area contributed by atoms with E-state index in [-0.39, 0.29) is 42.0 Å². The number of likely N-dealkylation sites (N-methyl/N-ethyl adjacent to an activating group) is 1. The molecule has 1 aliphatic carbocycles. The highest BCUT2D eigenvalue weighted by molar-refractivity contribution is 7.93. The molecule has 4 rings (SSSR count). The molecule has 2 aliphatic rings. The van der Waals surface area contributed by atoms with Crippen LogP contribution in [0.15, 0.2) is 35.0 Å². The van der Waals surface area contributed by atoms with Gasteiger partial charge in [0, 0.05) is 37.1 Å². The summed E-state index contributed by atoms with van der Waals surface area (Å²) in [6, 6.07) is 3.20. The monoisotopic (exact) mass is 467 g/mol. The van der Waals surface area contributed by atoms with E-state index in [1.54, 1.807) is 13.1 Å². The zero-order valence-corrected chi connectivity index (χ0v) is 18.8. The van der Waals surface area contributed by atoms with Crippen molar-refractivity contribution in [3.05, 3.63) is 51.4 Å². The zero-order chi connectivity index (χ0) is 22.3. The van der Waals surface area contributed by atoms with E-state index >= 15 is 0 Å². The van der Waals surface area contributed by atoms with Crippen molar-refractivity contribution >= 4 is 38.6 Å². The Labute approximate surface area is 185 Å². The average Bonchev–Trinajstić information content (AvgIpc) is 3.05. The van der Waals surface area contributed by atoms with Crippen LogP contribution in [0.2, 0.25) is 5.15 Å². The third-order valence-electron chi connectivity index (χ3n) is 6.04. The molecular weight excluding hydrogens is 445 g/mol. The minimum absolute atomic E-state index is 0.0925. The Morgan fingerprint density at radius 3 is 2.77 bits per heavy atom. The van der Waals surface area contributed by atoms with Gasteiger partial charge in [-0.05, 0) is 49.1 Å². The van der Waals surface area contributed by atoms with Gasteiger partial charge in [-0.15, -0.1) is 0 Å². The van der Waals surface area contributed by atoms with E-state index in [0.717, 1.165) is 16.6 Å². The Balaban J connectivity index is 1.70. The molecule has 0 radical (unpaired) electrons. The fourth-order valence-electron chi connectivity index (χ4n) is 4.30. The lowest BCUT2D eigenvalue weighted by atomic mass is 10.0. The summed E-state index contributed by atoms with van der Waals surface area (Å²) in [5.41, 5.74) is 2.41. The summed E-state index contributed by atoms with van der Waals surface area (Å²) >= 11 is 6.12. The van der Waals surface area contributed by atoms with Crippen LogP contribution >= 0.6 is 11.6 Å². The highest BCUT2D eigenvalue weighted by atomic mass is 35.5. The minimum Gasteiger partial charge on any atom is -0.469 e. The van der Waals surface area contributed by atoms with Crippen LogP contribution in [0.4, 0.5) is 4.39 Å². The number of aromatic nitrogens is 2. The van der Waals surface area contributed by atoms with E-state index in [0.29, 0.717) is 30.2 Å². The van der Waals surface area contributed by atoms with Crippen molar-refractivity contribution in [1.29, 1.82) is 0 Å². The number of hydrogen-bond acceptors (Lipinski definition) is 5. The second kappa shape index (κ2) is 8.37. The summed E-state index contributed by atoms with van der Waals surface area (Å²) in [5.74, 6) is -0.666. The van der Waals surface area contributed by atoms with Crippen molar-refractivity contribution in [3.8, 4) is 0 Å². The van der Waals surface area contributed by atoms with Gasteiger partial charge < -0.3 is 9.30 Å². The summed E-state index contributed by atoms with van der Waals surface area (Å²) in [7, 11) is -0.812. The predicted octanol–water partition coefficient (Wildman–Crippen LogP) is 3.51. The summed E-state index contributed by atoms with van der Waals surface area (Å²) in [6.07, 6.45) is 4.09. The van der Waals surface area contributed by atoms with Gasteiger partial charge in [0.05, 0.1) is 18.4 Å². The number of rotatable bonds is 5. The number of methoxy groups -OCH3 is 1. The van der Waals surface area contributed by atoms with Gasteiger partial charge in [0.15, 0.2) is 0 Å². The number of allylic oxidation sites excluding steroid dienone is 4. The van der Waals surface area contributed by atoms with Gasteiger partial charge in [0.2, 0.25) is 10.0 Å². The Morgan fingerprint density at radius 2 is 2.10 bits per heavy atom. The number of sulfonamides is 1. The summed E-state index contributed by atoms with van der Waals surface area (Å²) in [4.78, 5) is 16.6. The van der Waals surface area contributed by atoms with Crippen molar-refractivity contribution in [2.75, 3.05) is 14.2 Å². The third kappa shape index (κ3) is 4.02. The van der Waals surface area contributed by atoms with Crippen LogP contribution in [0.25, 0.3) is 11.0 Å². The first-order chi connectivity index (χ1) is 14.7. The van der Waals surface area contributed by atoms with E-state index in [1.807, 2.05) is 10.6 Å². The molecule has 2 aromatic heterocycles. The van der Waals surface area contributed by atoms with Crippen molar-refractivity contribution < 1.29 is 22.3 Å². The number of nitrogens with zero attached hydrogens (tertiary/aromatic N) is 3. The van der Waals surface area contributed by atoms with Crippen LogP contribution in [0.1, 0.15) is 30.5 Å². The van der Waals surface area contributed by atoms with E-state index in [1.165, 1.54) is 23.6 Å². The number of carbonyl (C=O) groups is 1. The minimum atomic E-state index is -3.72. The number of esters is 1. The first-order valence-corrected chi connectivity index (χ1v) is 11.8. The van der Waals surface area contributed by atoms with Gasteiger partial charge in [-0.2, -0.15) is 4.31 Å². The van der Waals surface area contributed by atoms with Gasteiger partial charge >= 0.3 is 5.97 Å². The molecule has 0 aromatic carbocycles. The Hall–Kier alpha value is -2.23. The number of fused-ring (bicyclic) bond motifs is 3. The van der Waals surface area contributed by atoms with Gasteiger partial charge in [-0.1, -0.05) is 11.6 Å². The van der Waals surface area contributed by atoms with E-state index in [2.05, 4.69) is 4.98 Å². The summed E-state index contributed by atoms with van der Waals surface area (Å²) in [6.45, 7) is 0.382. The van der Waals surface area contributed by atoms with Crippen molar-refractivity contribution in [1.82, 2.24) is 13.9 Å². The molecule has 0 N–H and O–H groups in total. The number of ether oxygens (including phenoxy) is 1. The Kier molecular flexibility index (Phi) is 5.93. The number of carbonyl (C=O) groups excluding carboxylic acids is 1. The van der Waals surface area contributed by atoms with E-state index in [4.69, 9.17) is 16.3 Å². The number of pyridine rings is 1. The zero-order valence-electron chi connectivity index (χ0n) is 17.3. The molecule has 0 fully saturated rings. The molecule has 3 heterocycles. The second-order valence-electron chi connectivity index (χ2n) is 7.75. The first kappa shape index (κ1) is 22.0. The maximum absolute atomic E-state index is 13.3. The molecule has 1 atom stereocenters. The van der Waals surface area contributed by atoms with Crippen LogP contribution in [0.3, 0.4) is 0 Å². The third-order valence-corrected chi connectivity index (χ3v) is 8.31. The van der Waals surface area contributed by atoms with Crippen molar-refractivity contribution in [3.63, 3.8) is 0 Å². The summed E-state index contributed by atoms with van der Waals surface area (Å²) < 4.78 is 47.7. The van der Waals surface area contributed by atoms with E-state index in [9.17, 15) is 17.6 Å². The van der Waals surface area contributed by atoms with Gasteiger partial charge in [-0.3, -0.25) is 4.79 Å². The molecule has 7 nitrogen and oxygen atoms in total. The Bertz CT molecular complexity index is 1220. The highest BCUT2D eigenvalue weighted by Crippen LogP contribution is 2.34. The van der Waals surface area contributed by atoms with Gasteiger partial charge in [0.1, 0.15) is 16.6 Å². The molecule has 0 saturated carbocycles. The van der Waals surface area contributed by atoms with Gasteiger partial charge in [0.25, 0.3) is 0 Å². The smallest absolute Gasteiger partial charge is 0.310 e. The number of halogens is 2. The predicted molar refractivity (Wildman–Crippen MR) is 116 cm³/mol. The molecule has 0 saturated heterocycles. The molecule has 2 aromatic rings. The standard InChI is InChI=1S/C21H23ClFN3O4S/c1-25(31(28,29)15-6-3-13(23)4-7-15)14-5-9-18-17(11-20(27)30-2)16-8-10-19(22)24-21(16)26(18)12-14/h3,6,8,10,14H,4-5,7,9,11-12H2,1-2H3. The molecule has 166 valence electrons. The normalized spacial score (nSPS) is 19.2. The SMILES string of the molecule is COC(=O)Cc1c2n(c3nc(Cl)ccc13)CC(N(C)S(=O)(=O)C1=CC=C(F)CC1)CC2. The molecule has 1 aliphatic heterocycles. The average molecular weight is 468 g/mol. The summed E-state index contributed by atoms with van der Waals surface area (Å²) in [5, 5.41) is 1.13. The fourth-order valence-corrected chi connectivity index (χ4v) is 5.98. The topological polar surface area (TPSA) is 81.5 Å². The van der Waals surface area contributed by atoms with E-state index < -0.39 is 10.0 Å². The quantitative estimate of drug-likeness (QED) is 0.496. The maximum Gasteiger partial charge on any atom is 0.310 e. The molecular formula is C21H23ClFN3O4S. The largest absolute Gasteiger partial charge is 0.469 e. The lowest BCUT2D eigenvalue weighted by Crippen LogP contribution is -2.43.